The molecule has 0 atom stereocenters. The second kappa shape index (κ2) is 6.58. The molecule has 18 heavy (non-hydrogen) atoms. The minimum absolute atomic E-state index is 0.0691. The van der Waals surface area contributed by atoms with Crippen LogP contribution < -0.4 is 0 Å². The molecule has 0 saturated heterocycles. The van der Waals surface area contributed by atoms with E-state index in [2.05, 4.69) is 15.9 Å². The zero-order chi connectivity index (χ0) is 13.7. The van der Waals surface area contributed by atoms with Crippen LogP contribution in [0.2, 0.25) is 0 Å². The quantitative estimate of drug-likeness (QED) is 0.782. The lowest BCUT2D eigenvalue weighted by Gasteiger charge is -2.08. The maximum absolute atomic E-state index is 11.7. The third-order valence-electron chi connectivity index (χ3n) is 2.40. The second-order valence-electron chi connectivity index (χ2n) is 3.58. The maximum Gasteiger partial charge on any atom is 0.339 e. The van der Waals surface area contributed by atoms with Gasteiger partial charge in [-0.3, -0.25) is 4.79 Å². The van der Waals surface area contributed by atoms with Gasteiger partial charge >= 0.3 is 11.9 Å². The molecule has 0 aromatic carbocycles. The van der Waals surface area contributed by atoms with E-state index >= 15 is 0 Å². The Kier molecular flexibility index (Phi) is 5.40. The summed E-state index contributed by atoms with van der Waals surface area (Å²) < 4.78 is 12.1. The van der Waals surface area contributed by atoms with E-state index in [-0.39, 0.29) is 12.5 Å². The van der Waals surface area contributed by atoms with E-state index in [1.807, 2.05) is 0 Å². The van der Waals surface area contributed by atoms with Gasteiger partial charge in [0, 0.05) is 5.69 Å². The summed E-state index contributed by atoms with van der Waals surface area (Å²) in [5.41, 5.74) is 1.13. The monoisotopic (exact) mass is 317 g/mol. The van der Waals surface area contributed by atoms with Gasteiger partial charge in [-0.25, -0.2) is 4.79 Å². The number of aromatic nitrogens is 1. The van der Waals surface area contributed by atoms with Crippen molar-refractivity contribution in [3.63, 3.8) is 0 Å². The smallest absolute Gasteiger partial charge is 0.339 e. The molecular weight excluding hydrogens is 302 g/mol. The summed E-state index contributed by atoms with van der Waals surface area (Å²) in [6, 6.07) is 1.65. The van der Waals surface area contributed by atoms with E-state index in [1.54, 1.807) is 31.4 Å². The molecule has 0 spiro atoms. The fraction of sp³-hybridized carbons (Fsp3) is 0.500. The van der Waals surface area contributed by atoms with Crippen molar-refractivity contribution >= 4 is 27.9 Å². The van der Waals surface area contributed by atoms with Crippen molar-refractivity contribution in [2.75, 3.05) is 13.2 Å². The Morgan fingerprint density at radius 2 is 1.89 bits per heavy atom. The lowest BCUT2D eigenvalue weighted by atomic mass is 10.2. The standard InChI is InChI=1S/C12H16BrNO4/c1-4-17-11(15)7-14-8(3)9(6-10(14)13)12(16)18-5-2/h6H,4-5,7H2,1-3H3. The average Bonchev–Trinajstić information content (AvgIpc) is 2.58. The third-order valence-corrected chi connectivity index (χ3v) is 3.06. The minimum Gasteiger partial charge on any atom is -0.465 e. The number of hydrogen-bond acceptors (Lipinski definition) is 4. The molecule has 0 N–H and O–H groups in total. The molecule has 0 unspecified atom stereocenters. The van der Waals surface area contributed by atoms with Crippen molar-refractivity contribution in [3.8, 4) is 0 Å². The van der Waals surface area contributed by atoms with Gasteiger partial charge in [0.15, 0.2) is 0 Å². The Balaban J connectivity index is 2.94. The Bertz CT molecular complexity index is 453. The van der Waals surface area contributed by atoms with Gasteiger partial charge in [0.25, 0.3) is 0 Å². The molecule has 5 nitrogen and oxygen atoms in total. The lowest BCUT2D eigenvalue weighted by molar-refractivity contribution is -0.143. The Morgan fingerprint density at radius 3 is 2.44 bits per heavy atom. The molecule has 0 aliphatic rings. The van der Waals surface area contributed by atoms with Gasteiger partial charge in [-0.05, 0) is 42.8 Å². The predicted octanol–water partition coefficient (Wildman–Crippen LogP) is 2.30. The Labute approximate surface area is 114 Å². The minimum atomic E-state index is -0.390. The van der Waals surface area contributed by atoms with Gasteiger partial charge in [0.2, 0.25) is 0 Å². The second-order valence-corrected chi connectivity index (χ2v) is 4.39. The van der Waals surface area contributed by atoms with Crippen molar-refractivity contribution in [2.24, 2.45) is 0 Å². The van der Waals surface area contributed by atoms with Gasteiger partial charge in [-0.1, -0.05) is 0 Å². The molecule has 0 saturated carbocycles. The van der Waals surface area contributed by atoms with Crippen LogP contribution in [0.3, 0.4) is 0 Å². The highest BCUT2D eigenvalue weighted by molar-refractivity contribution is 9.10. The summed E-state index contributed by atoms with van der Waals surface area (Å²) in [5.74, 6) is -0.731. The molecule has 1 aromatic heterocycles. The first kappa shape index (κ1) is 14.8. The van der Waals surface area contributed by atoms with E-state index in [0.717, 1.165) is 0 Å². The summed E-state index contributed by atoms with van der Waals surface area (Å²) in [6.45, 7) is 5.98. The van der Waals surface area contributed by atoms with E-state index in [9.17, 15) is 9.59 Å². The highest BCUT2D eigenvalue weighted by atomic mass is 79.9. The number of rotatable bonds is 5. The van der Waals surface area contributed by atoms with Gasteiger partial charge < -0.3 is 14.0 Å². The normalized spacial score (nSPS) is 10.2. The summed E-state index contributed by atoms with van der Waals surface area (Å²) in [5, 5.41) is 0. The number of carbonyl (C=O) groups is 2. The average molecular weight is 318 g/mol. The zero-order valence-corrected chi connectivity index (χ0v) is 12.2. The fourth-order valence-electron chi connectivity index (χ4n) is 1.55. The molecule has 1 heterocycles. The highest BCUT2D eigenvalue weighted by Crippen LogP contribution is 2.21. The number of nitrogens with zero attached hydrogens (tertiary/aromatic N) is 1. The number of halogens is 1. The van der Waals surface area contributed by atoms with Crippen LogP contribution in [0.1, 0.15) is 29.9 Å². The van der Waals surface area contributed by atoms with E-state index in [4.69, 9.17) is 9.47 Å². The van der Waals surface area contributed by atoms with Crippen molar-refractivity contribution in [1.29, 1.82) is 0 Å². The molecule has 0 amide bonds. The molecule has 0 radical (unpaired) electrons. The predicted molar refractivity (Wildman–Crippen MR) is 69.5 cm³/mol. The number of esters is 2. The van der Waals surface area contributed by atoms with Crippen molar-refractivity contribution in [2.45, 2.75) is 27.3 Å². The van der Waals surface area contributed by atoms with Crippen LogP contribution in [0.15, 0.2) is 10.7 Å². The van der Waals surface area contributed by atoms with Gasteiger partial charge in [-0.2, -0.15) is 0 Å². The van der Waals surface area contributed by atoms with Crippen LogP contribution >= 0.6 is 15.9 Å². The molecule has 100 valence electrons. The van der Waals surface area contributed by atoms with Crippen LogP contribution in [0.5, 0.6) is 0 Å². The van der Waals surface area contributed by atoms with Crippen LogP contribution in [0.25, 0.3) is 0 Å². The van der Waals surface area contributed by atoms with Crippen molar-refractivity contribution < 1.29 is 19.1 Å². The van der Waals surface area contributed by atoms with Crippen LogP contribution in [-0.2, 0) is 20.8 Å². The van der Waals surface area contributed by atoms with Crippen molar-refractivity contribution in [1.82, 2.24) is 4.57 Å². The largest absolute Gasteiger partial charge is 0.465 e. The van der Waals surface area contributed by atoms with Crippen molar-refractivity contribution in [3.05, 3.63) is 21.9 Å². The number of carbonyl (C=O) groups excluding carboxylic acids is 2. The third kappa shape index (κ3) is 3.35. The van der Waals surface area contributed by atoms with Crippen LogP contribution in [0.4, 0.5) is 0 Å². The van der Waals surface area contributed by atoms with Gasteiger partial charge in [0.1, 0.15) is 6.54 Å². The van der Waals surface area contributed by atoms with E-state index in [0.29, 0.717) is 29.1 Å². The number of ether oxygens (including phenoxy) is 2. The number of hydrogen-bond donors (Lipinski definition) is 0. The topological polar surface area (TPSA) is 57.5 Å². The molecule has 1 aromatic rings. The fourth-order valence-corrected chi connectivity index (χ4v) is 2.17. The van der Waals surface area contributed by atoms with Crippen LogP contribution in [-0.4, -0.2) is 29.7 Å². The molecule has 6 heteroatoms. The van der Waals surface area contributed by atoms with E-state index < -0.39 is 5.97 Å². The summed E-state index contributed by atoms with van der Waals surface area (Å²) in [7, 11) is 0. The first-order valence-electron chi connectivity index (χ1n) is 5.69. The van der Waals surface area contributed by atoms with E-state index in [1.165, 1.54) is 0 Å². The summed E-state index contributed by atoms with van der Waals surface area (Å²) in [4.78, 5) is 23.1. The zero-order valence-electron chi connectivity index (χ0n) is 10.7. The maximum atomic E-state index is 11.7. The Morgan fingerprint density at radius 1 is 1.28 bits per heavy atom. The molecular formula is C12H16BrNO4. The molecule has 0 fully saturated rings. The van der Waals surface area contributed by atoms with Gasteiger partial charge in [-0.15, -0.1) is 0 Å². The lowest BCUT2D eigenvalue weighted by Crippen LogP contribution is -2.15. The molecule has 0 bridgehead atoms. The molecule has 0 aliphatic heterocycles. The van der Waals surface area contributed by atoms with Crippen LogP contribution in [0, 0.1) is 6.92 Å². The SMILES string of the molecule is CCOC(=O)Cn1c(Br)cc(C(=O)OCC)c1C. The first-order chi connectivity index (χ1) is 8.51. The Hall–Kier alpha value is -1.30. The first-order valence-corrected chi connectivity index (χ1v) is 6.48. The highest BCUT2D eigenvalue weighted by Gasteiger charge is 2.18. The summed E-state index contributed by atoms with van der Waals surface area (Å²) in [6.07, 6.45) is 0. The van der Waals surface area contributed by atoms with Gasteiger partial charge in [0.05, 0.1) is 23.4 Å². The summed E-state index contributed by atoms with van der Waals surface area (Å²) >= 11 is 3.31. The molecule has 1 rings (SSSR count). The molecule has 0 aliphatic carbocycles.